The molecule has 1 amide bonds. The number of methoxy groups -OCH3 is 1. The zero-order valence-corrected chi connectivity index (χ0v) is 21.3. The molecule has 5 heterocycles. The Morgan fingerprint density at radius 1 is 1.18 bits per heavy atom. The highest BCUT2D eigenvalue weighted by atomic mass is 16.5. The van der Waals surface area contributed by atoms with Crippen LogP contribution in [-0.4, -0.2) is 92.2 Å². The molecule has 2 aliphatic rings. The average Bonchev–Trinajstić information content (AvgIpc) is 3.55. The Morgan fingerprint density at radius 2 is 1.95 bits per heavy atom. The van der Waals surface area contributed by atoms with Crippen molar-refractivity contribution in [1.29, 1.82) is 0 Å². The van der Waals surface area contributed by atoms with Gasteiger partial charge < -0.3 is 25.3 Å². The minimum Gasteiger partial charge on any atom is -0.494 e. The number of likely N-dealkylation sites (tertiary alicyclic amines) is 1. The van der Waals surface area contributed by atoms with Crippen molar-refractivity contribution in [3.8, 4) is 11.4 Å². The maximum Gasteiger partial charge on any atom is 0.295 e. The Morgan fingerprint density at radius 3 is 2.67 bits per heavy atom. The number of benzene rings is 1. The van der Waals surface area contributed by atoms with Crippen LogP contribution in [0.15, 0.2) is 52.7 Å². The number of amides is 1. The first-order valence-electron chi connectivity index (χ1n) is 12.2. The second-order valence-corrected chi connectivity index (χ2v) is 9.69. The summed E-state index contributed by atoms with van der Waals surface area (Å²) in [6, 6.07) is 9.66. The van der Waals surface area contributed by atoms with E-state index >= 15 is 0 Å². The monoisotopic (exact) mass is 527 g/mol. The number of H-pyrrole nitrogens is 1. The quantitative estimate of drug-likeness (QED) is 0.154. The SMILES string of the molecule is COc1cnc(N=CN=C(C)N)c2[nH]cc(C(=O)C(=O)N3CC4(C3)CN(c3nnnn3-c3ccccc3)C4)c12. The predicted molar refractivity (Wildman–Crippen MR) is 143 cm³/mol. The molecule has 6 rings (SSSR count). The summed E-state index contributed by atoms with van der Waals surface area (Å²) >= 11 is 0. The van der Waals surface area contributed by atoms with Crippen molar-refractivity contribution in [1.82, 2.24) is 35.1 Å². The molecule has 198 valence electrons. The number of hydrogen-bond donors (Lipinski definition) is 2. The van der Waals surface area contributed by atoms with E-state index in [1.807, 2.05) is 30.3 Å². The van der Waals surface area contributed by atoms with Gasteiger partial charge in [-0.2, -0.15) is 4.68 Å². The van der Waals surface area contributed by atoms with Gasteiger partial charge in [-0.1, -0.05) is 23.3 Å². The van der Waals surface area contributed by atoms with Gasteiger partial charge in [0.1, 0.15) is 12.1 Å². The molecular weight excluding hydrogens is 502 g/mol. The van der Waals surface area contributed by atoms with Gasteiger partial charge in [0.15, 0.2) is 5.82 Å². The van der Waals surface area contributed by atoms with Gasteiger partial charge in [0.05, 0.1) is 41.3 Å². The first kappa shape index (κ1) is 24.2. The molecule has 0 atom stereocenters. The summed E-state index contributed by atoms with van der Waals surface area (Å²) < 4.78 is 7.11. The number of carbonyl (C=O) groups excluding carboxylic acids is 2. The first-order chi connectivity index (χ1) is 18.9. The number of nitrogens with zero attached hydrogens (tertiary/aromatic N) is 9. The van der Waals surface area contributed by atoms with Gasteiger partial charge in [-0.15, -0.1) is 0 Å². The number of amidine groups is 1. The van der Waals surface area contributed by atoms with Crippen LogP contribution in [0.5, 0.6) is 5.75 Å². The fraction of sp³-hybridized carbons (Fsp3) is 0.280. The van der Waals surface area contributed by atoms with Gasteiger partial charge in [-0.05, 0) is 29.5 Å². The average molecular weight is 528 g/mol. The third-order valence-electron chi connectivity index (χ3n) is 6.88. The van der Waals surface area contributed by atoms with E-state index in [-0.39, 0.29) is 16.8 Å². The van der Waals surface area contributed by atoms with E-state index in [0.717, 1.165) is 5.69 Å². The van der Waals surface area contributed by atoms with Crippen LogP contribution in [0.4, 0.5) is 11.8 Å². The maximum atomic E-state index is 13.3. The van der Waals surface area contributed by atoms with E-state index in [2.05, 4.69) is 40.4 Å². The third-order valence-corrected chi connectivity index (χ3v) is 6.88. The molecular formula is C25H25N11O3. The Balaban J connectivity index is 1.15. The molecule has 0 radical (unpaired) electrons. The number of aliphatic imine (C=N–C) groups is 2. The Hall–Kier alpha value is -5.14. The van der Waals surface area contributed by atoms with Crippen LogP contribution in [0, 0.1) is 5.41 Å². The smallest absolute Gasteiger partial charge is 0.295 e. The number of fused-ring (bicyclic) bond motifs is 1. The summed E-state index contributed by atoms with van der Waals surface area (Å²) in [4.78, 5) is 45.5. The van der Waals surface area contributed by atoms with Crippen molar-refractivity contribution in [3.05, 3.63) is 48.3 Å². The van der Waals surface area contributed by atoms with Crippen molar-refractivity contribution >= 4 is 46.5 Å². The maximum absolute atomic E-state index is 13.3. The van der Waals surface area contributed by atoms with Crippen molar-refractivity contribution in [2.24, 2.45) is 21.1 Å². The summed E-state index contributed by atoms with van der Waals surface area (Å²) in [5.41, 5.74) is 6.98. The molecule has 14 nitrogen and oxygen atoms in total. The van der Waals surface area contributed by atoms with Gasteiger partial charge in [0.25, 0.3) is 11.7 Å². The second kappa shape index (κ2) is 9.31. The molecule has 1 spiro atoms. The number of carbonyl (C=O) groups is 2. The topological polar surface area (TPSA) is 173 Å². The normalized spacial score (nSPS) is 16.5. The number of tetrazole rings is 1. The molecule has 2 saturated heterocycles. The van der Waals surface area contributed by atoms with Gasteiger partial charge in [-0.3, -0.25) is 9.59 Å². The molecule has 2 fully saturated rings. The van der Waals surface area contributed by atoms with E-state index in [9.17, 15) is 9.59 Å². The highest BCUT2D eigenvalue weighted by Crippen LogP contribution is 2.42. The minimum absolute atomic E-state index is 0.0885. The van der Waals surface area contributed by atoms with E-state index in [1.54, 1.807) is 16.5 Å². The second-order valence-electron chi connectivity index (χ2n) is 9.69. The lowest BCUT2D eigenvalue weighted by Crippen LogP contribution is -2.74. The molecule has 4 aromatic rings. The van der Waals surface area contributed by atoms with E-state index in [4.69, 9.17) is 10.5 Å². The Labute approximate surface area is 222 Å². The molecule has 0 aliphatic carbocycles. The number of hydrogen-bond acceptors (Lipinski definition) is 9. The number of Topliss-reactive ketones (excluding diaryl/α,β-unsaturated/α-hetero) is 1. The van der Waals surface area contributed by atoms with Gasteiger partial charge in [-0.25, -0.2) is 15.0 Å². The number of nitrogens with one attached hydrogen (secondary N) is 1. The molecule has 0 bridgehead atoms. The molecule has 0 saturated carbocycles. The van der Waals surface area contributed by atoms with Gasteiger partial charge in [0, 0.05) is 37.8 Å². The standard InChI is InChI=1S/C25H25N11O3/c1-15(26)29-14-30-22-20-19(18(39-2)9-28-22)17(8-27-20)21(37)23(38)34-10-25(11-34)12-35(13-25)24-31-32-33-36(24)16-6-4-3-5-7-16/h3-9,14,27H,10-13H2,1-2H3,(H2,26,28,29,30). The zero-order chi connectivity index (χ0) is 27.1. The minimum atomic E-state index is -0.629. The third kappa shape index (κ3) is 4.15. The van der Waals surface area contributed by atoms with E-state index in [0.29, 0.717) is 54.6 Å². The van der Waals surface area contributed by atoms with E-state index in [1.165, 1.54) is 25.8 Å². The van der Waals surface area contributed by atoms with Crippen LogP contribution in [0.2, 0.25) is 0 Å². The summed E-state index contributed by atoms with van der Waals surface area (Å²) in [7, 11) is 1.47. The molecule has 1 aromatic carbocycles. The Bertz CT molecular complexity index is 1620. The Kier molecular flexibility index (Phi) is 5.78. The number of para-hydroxylation sites is 1. The largest absolute Gasteiger partial charge is 0.494 e. The summed E-state index contributed by atoms with van der Waals surface area (Å²) in [5, 5.41) is 12.6. The number of pyridine rings is 1. The van der Waals surface area contributed by atoms with E-state index < -0.39 is 11.7 Å². The van der Waals surface area contributed by atoms with Crippen LogP contribution in [0.3, 0.4) is 0 Å². The molecule has 0 unspecified atom stereocenters. The molecule has 14 heteroatoms. The number of anilines is 1. The van der Waals surface area contributed by atoms with Crippen molar-refractivity contribution in [2.45, 2.75) is 6.92 Å². The fourth-order valence-electron chi connectivity index (χ4n) is 5.10. The first-order valence-corrected chi connectivity index (χ1v) is 12.2. The van der Waals surface area contributed by atoms with Gasteiger partial charge in [0.2, 0.25) is 5.95 Å². The summed E-state index contributed by atoms with van der Waals surface area (Å²) in [5.74, 6) is 0.436. The predicted octanol–water partition coefficient (Wildman–Crippen LogP) is 1.12. The molecule has 39 heavy (non-hydrogen) atoms. The molecule has 2 aliphatic heterocycles. The number of rotatable bonds is 7. The molecule has 3 aromatic heterocycles. The number of nitrogens with two attached hydrogens (primary N) is 1. The number of aromatic amines is 1. The molecule has 3 N–H and O–H groups in total. The van der Waals surface area contributed by atoms with Crippen LogP contribution in [0.1, 0.15) is 17.3 Å². The lowest BCUT2D eigenvalue weighted by Gasteiger charge is -2.59. The highest BCUT2D eigenvalue weighted by molar-refractivity contribution is 6.45. The van der Waals surface area contributed by atoms with Crippen LogP contribution >= 0.6 is 0 Å². The number of aromatic nitrogens is 6. The summed E-state index contributed by atoms with van der Waals surface area (Å²) in [6.07, 6.45) is 4.21. The van der Waals surface area contributed by atoms with Crippen LogP contribution in [-0.2, 0) is 4.79 Å². The highest BCUT2D eigenvalue weighted by Gasteiger charge is 2.55. The fourth-order valence-corrected chi connectivity index (χ4v) is 5.10. The van der Waals surface area contributed by atoms with Crippen molar-refractivity contribution < 1.29 is 14.3 Å². The lowest BCUT2D eigenvalue weighted by atomic mass is 9.72. The lowest BCUT2D eigenvalue weighted by molar-refractivity contribution is -0.139. The van der Waals surface area contributed by atoms with Crippen LogP contribution in [0.25, 0.3) is 16.6 Å². The number of ketones is 1. The number of ether oxygens (including phenoxy) is 1. The van der Waals surface area contributed by atoms with Crippen molar-refractivity contribution in [2.75, 3.05) is 38.2 Å². The van der Waals surface area contributed by atoms with Crippen LogP contribution < -0.4 is 15.4 Å². The van der Waals surface area contributed by atoms with Gasteiger partial charge >= 0.3 is 0 Å². The van der Waals surface area contributed by atoms with Crippen molar-refractivity contribution in [3.63, 3.8) is 0 Å². The summed E-state index contributed by atoms with van der Waals surface area (Å²) in [6.45, 7) is 3.98. The zero-order valence-electron chi connectivity index (χ0n) is 21.3.